The molecule has 2 aromatic heterocycles. The van der Waals surface area contributed by atoms with E-state index in [0.717, 1.165) is 6.20 Å². The first-order valence-corrected chi connectivity index (χ1v) is 9.73. The Kier molecular flexibility index (Phi) is 5.50. The van der Waals surface area contributed by atoms with Crippen molar-refractivity contribution >= 4 is 34.9 Å². The van der Waals surface area contributed by atoms with Crippen LogP contribution in [0.2, 0.25) is 0 Å². The van der Waals surface area contributed by atoms with Gasteiger partial charge in [-0.15, -0.1) is 0 Å². The molecule has 4 rings (SSSR count). The zero-order valence-electron chi connectivity index (χ0n) is 18.2. The first-order valence-electron chi connectivity index (χ1n) is 9.73. The molecular weight excluding hydrogens is 435 g/mol. The van der Waals surface area contributed by atoms with E-state index in [4.69, 9.17) is 14.2 Å². The molecule has 0 atom stereocenters. The molecule has 0 bridgehead atoms. The molecule has 0 saturated carbocycles. The number of pyridine rings is 1. The molecule has 1 aliphatic heterocycles. The summed E-state index contributed by atoms with van der Waals surface area (Å²) in [4.78, 5) is 24.3. The van der Waals surface area contributed by atoms with Gasteiger partial charge >= 0.3 is 5.97 Å². The number of nitrogens with one attached hydrogen (secondary N) is 3. The zero-order valence-corrected chi connectivity index (χ0v) is 18.2. The summed E-state index contributed by atoms with van der Waals surface area (Å²) in [7, 11) is 2.83. The average molecular weight is 456 g/mol. The van der Waals surface area contributed by atoms with Gasteiger partial charge in [-0.05, 0) is 26.0 Å². The maximum atomic E-state index is 14.4. The van der Waals surface area contributed by atoms with Crippen molar-refractivity contribution in [1.82, 2.24) is 15.0 Å². The van der Waals surface area contributed by atoms with Crippen LogP contribution in [0.3, 0.4) is 0 Å². The van der Waals surface area contributed by atoms with Crippen LogP contribution >= 0.6 is 0 Å². The number of fused-ring (bicyclic) bond motifs is 1. The van der Waals surface area contributed by atoms with Crippen LogP contribution in [0.4, 0.5) is 33.3 Å². The van der Waals surface area contributed by atoms with Crippen molar-refractivity contribution in [3.05, 3.63) is 36.3 Å². The fourth-order valence-electron chi connectivity index (χ4n) is 3.07. The fraction of sp³-hybridized carbons (Fsp3) is 0.238. The van der Waals surface area contributed by atoms with Gasteiger partial charge in [-0.3, -0.25) is 0 Å². The maximum Gasteiger partial charge on any atom is 0.337 e. The number of anilines is 5. The summed E-state index contributed by atoms with van der Waals surface area (Å²) in [5.74, 6) is -0.785. The monoisotopic (exact) mass is 456 g/mol. The molecule has 1 aliphatic rings. The number of ether oxygens (including phenoxy) is 3. The predicted molar refractivity (Wildman–Crippen MR) is 117 cm³/mol. The van der Waals surface area contributed by atoms with Crippen molar-refractivity contribution in [2.75, 3.05) is 30.2 Å². The van der Waals surface area contributed by atoms with Crippen LogP contribution in [-0.2, 0) is 4.79 Å². The molecule has 0 spiro atoms. The van der Waals surface area contributed by atoms with Crippen LogP contribution in [-0.4, -0.2) is 45.8 Å². The first kappa shape index (κ1) is 21.9. The van der Waals surface area contributed by atoms with E-state index in [2.05, 4.69) is 30.9 Å². The molecule has 33 heavy (non-hydrogen) atoms. The number of phenolic OH excluding ortho intramolecular Hbond substituents is 1. The molecule has 0 fully saturated rings. The van der Waals surface area contributed by atoms with Gasteiger partial charge in [-0.25, -0.2) is 14.2 Å². The topological polar surface area (TPSA) is 140 Å². The second kappa shape index (κ2) is 8.30. The summed E-state index contributed by atoms with van der Waals surface area (Å²) >= 11 is 0. The molecule has 3 heterocycles. The van der Waals surface area contributed by atoms with Crippen molar-refractivity contribution in [1.29, 1.82) is 0 Å². The molecule has 0 aliphatic carbocycles. The van der Waals surface area contributed by atoms with Crippen molar-refractivity contribution in [2.24, 2.45) is 0 Å². The van der Waals surface area contributed by atoms with Gasteiger partial charge < -0.3 is 35.3 Å². The third-order valence-corrected chi connectivity index (χ3v) is 4.71. The first-order chi connectivity index (χ1) is 15.7. The lowest BCUT2D eigenvalue weighted by molar-refractivity contribution is -0.139. The van der Waals surface area contributed by atoms with Crippen molar-refractivity contribution < 1.29 is 28.5 Å². The molecule has 11 nitrogen and oxygen atoms in total. The molecule has 0 unspecified atom stereocenters. The van der Waals surface area contributed by atoms with E-state index in [-0.39, 0.29) is 40.7 Å². The van der Waals surface area contributed by atoms with Crippen molar-refractivity contribution in [2.45, 2.75) is 19.4 Å². The number of methoxy groups -OCH3 is 2. The van der Waals surface area contributed by atoms with Gasteiger partial charge in [-0.2, -0.15) is 9.97 Å². The highest BCUT2D eigenvalue weighted by Crippen LogP contribution is 2.40. The number of hydrogen-bond donors (Lipinski definition) is 4. The minimum atomic E-state index is -0.887. The van der Waals surface area contributed by atoms with E-state index >= 15 is 0 Å². The second-order valence-corrected chi connectivity index (χ2v) is 7.56. The number of halogens is 1. The fourth-order valence-corrected chi connectivity index (χ4v) is 3.07. The summed E-state index contributed by atoms with van der Waals surface area (Å²) in [5, 5.41) is 18.8. The molecule has 4 N–H and O–H groups in total. The minimum Gasteiger partial charge on any atom is -0.504 e. The summed E-state index contributed by atoms with van der Waals surface area (Å²) in [6, 6.07) is 6.19. The predicted octanol–water partition coefficient (Wildman–Crippen LogP) is 3.33. The van der Waals surface area contributed by atoms with Gasteiger partial charge in [0, 0.05) is 17.8 Å². The Balaban J connectivity index is 1.57. The van der Waals surface area contributed by atoms with Gasteiger partial charge in [0.25, 0.3) is 0 Å². The van der Waals surface area contributed by atoms with Gasteiger partial charge in [0.1, 0.15) is 11.4 Å². The Morgan fingerprint density at radius 3 is 2.67 bits per heavy atom. The second-order valence-electron chi connectivity index (χ2n) is 7.56. The SMILES string of the molecule is COc1cc(Nc2ncc(F)c(Nc3ccc4c(n3)OC(=O)C(C)(C)N4)n2)cc(O)c1OC. The molecule has 0 amide bonds. The van der Waals surface area contributed by atoms with Crippen LogP contribution in [0, 0.1) is 5.82 Å². The molecule has 172 valence electrons. The number of hydrogen-bond acceptors (Lipinski definition) is 11. The number of nitrogens with zero attached hydrogens (tertiary/aromatic N) is 3. The molecule has 0 radical (unpaired) electrons. The number of rotatable bonds is 6. The van der Waals surface area contributed by atoms with Gasteiger partial charge in [0.2, 0.25) is 17.6 Å². The van der Waals surface area contributed by atoms with Crippen LogP contribution in [0.5, 0.6) is 23.1 Å². The highest BCUT2D eigenvalue weighted by molar-refractivity contribution is 5.89. The number of carbonyl (C=O) groups excluding carboxylic acids is 1. The Morgan fingerprint density at radius 1 is 1.15 bits per heavy atom. The number of aromatic hydroxyl groups is 1. The third kappa shape index (κ3) is 4.35. The number of esters is 1. The molecule has 12 heteroatoms. The van der Waals surface area contributed by atoms with E-state index in [9.17, 15) is 14.3 Å². The standard InChI is InChI=1S/C21H21FN6O5/c1-21(2)19(30)33-18-12(28-21)5-6-15(26-18)25-17-11(22)9-23-20(27-17)24-10-7-13(29)16(32-4)14(8-10)31-3/h5-9,28-29H,1-4H3,(H2,23,24,25,26,27). The Labute approximate surface area is 187 Å². The normalized spacial score (nSPS) is 13.9. The van der Waals surface area contributed by atoms with E-state index in [0.29, 0.717) is 11.4 Å². The smallest absolute Gasteiger partial charge is 0.337 e. The average Bonchev–Trinajstić information content (AvgIpc) is 2.76. The van der Waals surface area contributed by atoms with Crippen LogP contribution < -0.4 is 30.2 Å². The highest BCUT2D eigenvalue weighted by Gasteiger charge is 2.36. The third-order valence-electron chi connectivity index (χ3n) is 4.71. The lowest BCUT2D eigenvalue weighted by Crippen LogP contribution is -2.46. The quantitative estimate of drug-likeness (QED) is 0.406. The number of aromatic nitrogens is 3. The van der Waals surface area contributed by atoms with Crippen molar-refractivity contribution in [3.63, 3.8) is 0 Å². The maximum absolute atomic E-state index is 14.4. The van der Waals surface area contributed by atoms with E-state index in [1.165, 1.54) is 20.3 Å². The van der Waals surface area contributed by atoms with Crippen LogP contribution in [0.1, 0.15) is 13.8 Å². The summed E-state index contributed by atoms with van der Waals surface area (Å²) in [6.07, 6.45) is 0.973. The van der Waals surface area contributed by atoms with Gasteiger partial charge in [0.05, 0.1) is 26.1 Å². The molecule has 1 aromatic carbocycles. The Morgan fingerprint density at radius 2 is 1.94 bits per heavy atom. The number of benzene rings is 1. The zero-order chi connectivity index (χ0) is 23.8. The highest BCUT2D eigenvalue weighted by atomic mass is 19.1. The lowest BCUT2D eigenvalue weighted by atomic mass is 10.0. The van der Waals surface area contributed by atoms with Gasteiger partial charge in [-0.1, -0.05) is 0 Å². The van der Waals surface area contributed by atoms with E-state index in [1.807, 2.05) is 0 Å². The minimum absolute atomic E-state index is 0.0401. The lowest BCUT2D eigenvalue weighted by Gasteiger charge is -2.30. The number of phenols is 1. The summed E-state index contributed by atoms with van der Waals surface area (Å²) < 4.78 is 29.9. The Hall–Kier alpha value is -4.35. The Bertz CT molecular complexity index is 1240. The van der Waals surface area contributed by atoms with Crippen LogP contribution in [0.25, 0.3) is 0 Å². The molecule has 0 saturated heterocycles. The molecule has 3 aromatic rings. The van der Waals surface area contributed by atoms with E-state index in [1.54, 1.807) is 32.0 Å². The van der Waals surface area contributed by atoms with Crippen LogP contribution in [0.15, 0.2) is 30.5 Å². The van der Waals surface area contributed by atoms with Crippen molar-refractivity contribution in [3.8, 4) is 23.1 Å². The summed E-state index contributed by atoms with van der Waals surface area (Å²) in [5.41, 5.74) is 0.0285. The van der Waals surface area contributed by atoms with E-state index < -0.39 is 17.3 Å². The largest absolute Gasteiger partial charge is 0.504 e. The van der Waals surface area contributed by atoms with Gasteiger partial charge in [0.15, 0.2) is 23.1 Å². The number of carbonyl (C=O) groups is 1. The molecular formula is C21H21FN6O5. The summed E-state index contributed by atoms with van der Waals surface area (Å²) in [6.45, 7) is 3.38.